The molecule has 0 bridgehead atoms. The summed E-state index contributed by atoms with van der Waals surface area (Å²) in [6, 6.07) is 10.9. The number of urea groups is 1. The highest BCUT2D eigenvalue weighted by Gasteiger charge is 2.27. The van der Waals surface area contributed by atoms with Crippen molar-refractivity contribution in [2.24, 2.45) is 0 Å². The molecule has 26 heavy (non-hydrogen) atoms. The first-order valence-corrected chi connectivity index (χ1v) is 9.13. The maximum absolute atomic E-state index is 12.9. The molecule has 1 aliphatic heterocycles. The van der Waals surface area contributed by atoms with Gasteiger partial charge < -0.3 is 15.3 Å². The third kappa shape index (κ3) is 4.73. The van der Waals surface area contributed by atoms with E-state index in [2.05, 4.69) is 22.1 Å². The number of nitrogens with zero attached hydrogens (tertiary/aromatic N) is 3. The first kappa shape index (κ1) is 18.2. The van der Waals surface area contributed by atoms with Crippen LogP contribution in [-0.4, -0.2) is 51.6 Å². The predicted molar refractivity (Wildman–Crippen MR) is 102 cm³/mol. The summed E-state index contributed by atoms with van der Waals surface area (Å²) in [5.41, 5.74) is 1.68. The van der Waals surface area contributed by atoms with Gasteiger partial charge in [0.15, 0.2) is 0 Å². The van der Waals surface area contributed by atoms with Crippen LogP contribution in [0, 0.1) is 0 Å². The van der Waals surface area contributed by atoms with E-state index in [9.17, 15) is 9.90 Å². The Kier molecular flexibility index (Phi) is 6.07. The van der Waals surface area contributed by atoms with Crippen molar-refractivity contribution >= 4 is 11.7 Å². The van der Waals surface area contributed by atoms with Gasteiger partial charge in [-0.2, -0.15) is 0 Å². The average molecular weight is 354 g/mol. The number of amides is 2. The molecular weight excluding hydrogens is 328 g/mol. The van der Waals surface area contributed by atoms with E-state index in [-0.39, 0.29) is 11.8 Å². The number of carbonyl (C=O) groups excluding carboxylic acids is 1. The van der Waals surface area contributed by atoms with Crippen LogP contribution in [0.2, 0.25) is 0 Å². The minimum absolute atomic E-state index is 0.131. The van der Waals surface area contributed by atoms with Crippen LogP contribution < -0.4 is 5.32 Å². The number of benzene rings is 1. The molecule has 1 saturated heterocycles. The van der Waals surface area contributed by atoms with Crippen molar-refractivity contribution in [1.82, 2.24) is 14.8 Å². The fourth-order valence-electron chi connectivity index (χ4n) is 3.45. The van der Waals surface area contributed by atoms with Crippen molar-refractivity contribution in [3.05, 3.63) is 54.4 Å². The van der Waals surface area contributed by atoms with E-state index in [1.54, 1.807) is 30.6 Å². The van der Waals surface area contributed by atoms with E-state index >= 15 is 0 Å². The number of phenolic OH excluding ortho intramolecular Hbond substituents is 1. The molecule has 0 aliphatic carbocycles. The molecule has 1 fully saturated rings. The second-order valence-corrected chi connectivity index (χ2v) is 6.64. The third-order valence-electron chi connectivity index (χ3n) is 4.85. The molecular formula is C20H26N4O2. The quantitative estimate of drug-likeness (QED) is 0.835. The Bertz CT molecular complexity index is 706. The van der Waals surface area contributed by atoms with Crippen LogP contribution in [-0.2, 0) is 6.54 Å². The number of hydrogen-bond acceptors (Lipinski definition) is 4. The SMILES string of the molecule is CCN1CCC[C@H]1CN(Cc1ccc(O)cc1)C(=O)Nc1cccnc1. The molecule has 0 radical (unpaired) electrons. The van der Waals surface area contributed by atoms with Crippen LogP contribution >= 0.6 is 0 Å². The first-order valence-electron chi connectivity index (χ1n) is 9.13. The molecule has 138 valence electrons. The number of aromatic hydroxyl groups is 1. The summed E-state index contributed by atoms with van der Waals surface area (Å²) in [7, 11) is 0. The monoisotopic (exact) mass is 354 g/mol. The van der Waals surface area contributed by atoms with Crippen molar-refractivity contribution in [3.63, 3.8) is 0 Å². The Hall–Kier alpha value is -2.60. The maximum atomic E-state index is 12.9. The van der Waals surface area contributed by atoms with E-state index in [0.29, 0.717) is 24.8 Å². The summed E-state index contributed by atoms with van der Waals surface area (Å²) in [6.07, 6.45) is 5.61. The topological polar surface area (TPSA) is 68.7 Å². The minimum Gasteiger partial charge on any atom is -0.508 e. The summed E-state index contributed by atoms with van der Waals surface area (Å²) in [5.74, 6) is 0.230. The lowest BCUT2D eigenvalue weighted by atomic mass is 10.1. The van der Waals surface area contributed by atoms with Crippen LogP contribution in [0.1, 0.15) is 25.3 Å². The van der Waals surface area contributed by atoms with Crippen LogP contribution in [0.5, 0.6) is 5.75 Å². The molecule has 2 amide bonds. The number of aromatic nitrogens is 1. The molecule has 6 heteroatoms. The molecule has 1 aliphatic rings. The molecule has 0 saturated carbocycles. The van der Waals surface area contributed by atoms with Crippen LogP contribution in [0.4, 0.5) is 10.5 Å². The number of carbonyl (C=O) groups is 1. The zero-order valence-electron chi connectivity index (χ0n) is 15.1. The molecule has 1 aromatic carbocycles. The van der Waals surface area contributed by atoms with Gasteiger partial charge in [0.1, 0.15) is 5.75 Å². The minimum atomic E-state index is -0.131. The zero-order valence-corrected chi connectivity index (χ0v) is 15.1. The third-order valence-corrected chi connectivity index (χ3v) is 4.85. The Morgan fingerprint density at radius 2 is 2.15 bits per heavy atom. The summed E-state index contributed by atoms with van der Waals surface area (Å²) in [4.78, 5) is 21.2. The molecule has 2 heterocycles. The predicted octanol–water partition coefficient (Wildman–Crippen LogP) is 3.31. The van der Waals surface area contributed by atoms with Gasteiger partial charge >= 0.3 is 6.03 Å². The average Bonchev–Trinajstić information content (AvgIpc) is 3.11. The van der Waals surface area contributed by atoms with Gasteiger partial charge in [-0.05, 0) is 55.8 Å². The largest absolute Gasteiger partial charge is 0.508 e. The Morgan fingerprint density at radius 1 is 1.35 bits per heavy atom. The zero-order chi connectivity index (χ0) is 18.4. The van der Waals surface area contributed by atoms with E-state index in [1.807, 2.05) is 23.1 Å². The van der Waals surface area contributed by atoms with Gasteiger partial charge in [-0.25, -0.2) is 4.79 Å². The van der Waals surface area contributed by atoms with Gasteiger partial charge in [-0.1, -0.05) is 19.1 Å². The molecule has 2 aromatic rings. The number of hydrogen-bond donors (Lipinski definition) is 2. The fraction of sp³-hybridized carbons (Fsp3) is 0.400. The van der Waals surface area contributed by atoms with Crippen molar-refractivity contribution in [2.75, 3.05) is 25.0 Å². The molecule has 0 unspecified atom stereocenters. The number of pyridine rings is 1. The van der Waals surface area contributed by atoms with Crippen LogP contribution in [0.25, 0.3) is 0 Å². The lowest BCUT2D eigenvalue weighted by Crippen LogP contribution is -2.44. The molecule has 1 aromatic heterocycles. The second kappa shape index (κ2) is 8.67. The Labute approximate surface area is 154 Å². The summed E-state index contributed by atoms with van der Waals surface area (Å²) < 4.78 is 0. The van der Waals surface area contributed by atoms with Crippen LogP contribution in [0.15, 0.2) is 48.8 Å². The van der Waals surface area contributed by atoms with E-state index in [1.165, 1.54) is 6.42 Å². The van der Waals surface area contributed by atoms with Crippen molar-refractivity contribution in [2.45, 2.75) is 32.4 Å². The van der Waals surface area contributed by atoms with Gasteiger partial charge in [0.2, 0.25) is 0 Å². The van der Waals surface area contributed by atoms with Gasteiger partial charge in [-0.15, -0.1) is 0 Å². The lowest BCUT2D eigenvalue weighted by Gasteiger charge is -2.30. The number of nitrogens with one attached hydrogen (secondary N) is 1. The smallest absolute Gasteiger partial charge is 0.322 e. The number of rotatable bonds is 6. The molecule has 1 atom stereocenters. The second-order valence-electron chi connectivity index (χ2n) is 6.64. The normalized spacial score (nSPS) is 17.2. The number of phenols is 1. The van der Waals surface area contributed by atoms with Gasteiger partial charge in [0, 0.05) is 25.3 Å². The molecule has 0 spiro atoms. The number of likely N-dealkylation sites (tertiary alicyclic amines) is 1. The van der Waals surface area contributed by atoms with E-state index in [4.69, 9.17) is 0 Å². The summed E-state index contributed by atoms with van der Waals surface area (Å²) >= 11 is 0. The molecule has 3 rings (SSSR count). The number of anilines is 1. The maximum Gasteiger partial charge on any atom is 0.322 e. The first-order chi connectivity index (χ1) is 12.7. The van der Waals surface area contributed by atoms with Crippen LogP contribution in [0.3, 0.4) is 0 Å². The fourth-order valence-corrected chi connectivity index (χ4v) is 3.45. The van der Waals surface area contributed by atoms with E-state index in [0.717, 1.165) is 25.1 Å². The Morgan fingerprint density at radius 3 is 2.85 bits per heavy atom. The number of likely N-dealkylation sites (N-methyl/N-ethyl adjacent to an activating group) is 1. The van der Waals surface area contributed by atoms with Gasteiger partial charge in [-0.3, -0.25) is 9.88 Å². The van der Waals surface area contributed by atoms with Gasteiger partial charge in [0.05, 0.1) is 11.9 Å². The van der Waals surface area contributed by atoms with Crippen molar-refractivity contribution in [3.8, 4) is 5.75 Å². The highest BCUT2D eigenvalue weighted by atomic mass is 16.3. The highest BCUT2D eigenvalue weighted by molar-refractivity contribution is 5.89. The lowest BCUT2D eigenvalue weighted by molar-refractivity contribution is 0.175. The molecule has 2 N–H and O–H groups in total. The van der Waals surface area contributed by atoms with Crippen molar-refractivity contribution in [1.29, 1.82) is 0 Å². The molecule has 6 nitrogen and oxygen atoms in total. The summed E-state index contributed by atoms with van der Waals surface area (Å²) in [5, 5.41) is 12.4. The van der Waals surface area contributed by atoms with Crippen molar-refractivity contribution < 1.29 is 9.90 Å². The highest BCUT2D eigenvalue weighted by Crippen LogP contribution is 2.20. The Balaban J connectivity index is 1.73. The van der Waals surface area contributed by atoms with E-state index < -0.39 is 0 Å². The van der Waals surface area contributed by atoms with Gasteiger partial charge in [0.25, 0.3) is 0 Å². The standard InChI is InChI=1S/C20H26N4O2/c1-2-23-12-4-6-18(23)15-24(14-16-7-9-19(25)10-8-16)20(26)22-17-5-3-11-21-13-17/h3,5,7-11,13,18,25H,2,4,6,12,14-15H2,1H3,(H,22,26)/t18-/m0/s1. The summed E-state index contributed by atoms with van der Waals surface area (Å²) in [6.45, 7) is 5.44.